The standard InChI is InChI=1S/C5H12BNO/c1-7(3-2-6)4-5-8/h8H,2-5H2,1H3. The van der Waals surface area contributed by atoms with Crippen LogP contribution in [0.15, 0.2) is 0 Å². The number of nitrogens with zero attached hydrogens (tertiary/aromatic N) is 1. The van der Waals surface area contributed by atoms with Crippen molar-refractivity contribution in [2.45, 2.75) is 6.32 Å². The number of hydrogen-bond donors (Lipinski definition) is 1. The molecule has 0 fully saturated rings. The van der Waals surface area contributed by atoms with E-state index in [0.29, 0.717) is 6.32 Å². The molecule has 0 bridgehead atoms. The van der Waals surface area contributed by atoms with E-state index in [0.717, 1.165) is 13.1 Å². The minimum atomic E-state index is 0.219. The average Bonchev–Trinajstić information content (AvgIpc) is 1.68. The molecule has 0 aliphatic heterocycles. The normalized spacial score (nSPS) is 10.4. The summed E-state index contributed by atoms with van der Waals surface area (Å²) in [6.07, 6.45) is 0.663. The molecule has 0 spiro atoms. The van der Waals surface area contributed by atoms with E-state index < -0.39 is 0 Å². The summed E-state index contributed by atoms with van der Waals surface area (Å²) < 4.78 is 0. The number of hydrogen-bond acceptors (Lipinski definition) is 2. The van der Waals surface area contributed by atoms with E-state index in [2.05, 4.69) is 0 Å². The Morgan fingerprint density at radius 1 is 1.50 bits per heavy atom. The fourth-order valence-electron chi connectivity index (χ4n) is 0.503. The predicted octanol–water partition coefficient (Wildman–Crippen LogP) is -0.503. The summed E-state index contributed by atoms with van der Waals surface area (Å²) in [7, 11) is 7.17. The number of rotatable bonds is 4. The lowest BCUT2D eigenvalue weighted by molar-refractivity contribution is 0.227. The van der Waals surface area contributed by atoms with Crippen LogP contribution in [0.4, 0.5) is 0 Å². The highest BCUT2D eigenvalue weighted by molar-refractivity contribution is 6.08. The number of aliphatic hydroxyl groups excluding tert-OH is 1. The molecule has 1 N–H and O–H groups in total. The smallest absolute Gasteiger partial charge is 0.0670 e. The van der Waals surface area contributed by atoms with Gasteiger partial charge in [0, 0.05) is 6.54 Å². The lowest BCUT2D eigenvalue weighted by Crippen LogP contribution is -2.22. The molecule has 0 aromatic heterocycles. The topological polar surface area (TPSA) is 23.5 Å². The highest BCUT2D eigenvalue weighted by atomic mass is 16.3. The summed E-state index contributed by atoms with van der Waals surface area (Å²) in [5.41, 5.74) is 0. The van der Waals surface area contributed by atoms with Crippen molar-refractivity contribution in [2.24, 2.45) is 0 Å². The summed E-state index contributed by atoms with van der Waals surface area (Å²) in [4.78, 5) is 1.99. The minimum absolute atomic E-state index is 0.219. The molecule has 0 aromatic carbocycles. The third kappa shape index (κ3) is 4.15. The maximum Gasteiger partial charge on any atom is 0.0670 e. The van der Waals surface area contributed by atoms with E-state index in [9.17, 15) is 0 Å². The fourth-order valence-corrected chi connectivity index (χ4v) is 0.503. The van der Waals surface area contributed by atoms with E-state index in [4.69, 9.17) is 13.0 Å². The Bertz CT molecular complexity index is 45.7. The Morgan fingerprint density at radius 2 is 2.12 bits per heavy atom. The van der Waals surface area contributed by atoms with E-state index in [-0.39, 0.29) is 6.61 Å². The first-order chi connectivity index (χ1) is 3.81. The zero-order chi connectivity index (χ0) is 6.41. The summed E-state index contributed by atoms with van der Waals surface area (Å²) >= 11 is 0. The highest BCUT2D eigenvalue weighted by Gasteiger charge is 1.90. The van der Waals surface area contributed by atoms with Crippen LogP contribution in [0.1, 0.15) is 0 Å². The molecule has 2 nitrogen and oxygen atoms in total. The molecule has 0 saturated heterocycles. The van der Waals surface area contributed by atoms with Gasteiger partial charge in [-0.1, -0.05) is 6.32 Å². The first kappa shape index (κ1) is 7.98. The third-order valence-electron chi connectivity index (χ3n) is 0.993. The molecule has 46 valence electrons. The Balaban J connectivity index is 2.92. The van der Waals surface area contributed by atoms with Crippen LogP contribution >= 0.6 is 0 Å². The van der Waals surface area contributed by atoms with Crippen LogP contribution in [0.5, 0.6) is 0 Å². The molecule has 8 heavy (non-hydrogen) atoms. The van der Waals surface area contributed by atoms with Gasteiger partial charge in [0.05, 0.1) is 14.5 Å². The van der Waals surface area contributed by atoms with Crippen molar-refractivity contribution >= 4 is 7.85 Å². The summed E-state index contributed by atoms with van der Waals surface area (Å²) in [6.45, 7) is 1.80. The molecule has 3 heteroatoms. The van der Waals surface area contributed by atoms with Gasteiger partial charge >= 0.3 is 0 Å². The second kappa shape index (κ2) is 5.13. The molecule has 0 saturated carbocycles. The largest absolute Gasteiger partial charge is 0.395 e. The quantitative estimate of drug-likeness (QED) is 0.496. The van der Waals surface area contributed by atoms with E-state index in [1.54, 1.807) is 0 Å². The maximum atomic E-state index is 8.38. The van der Waals surface area contributed by atoms with Crippen LogP contribution < -0.4 is 0 Å². The number of aliphatic hydroxyl groups is 1. The Kier molecular flexibility index (Phi) is 5.12. The van der Waals surface area contributed by atoms with E-state index >= 15 is 0 Å². The Hall–Kier alpha value is -0.0151. The SMILES string of the molecule is [B]CCN(C)CCO. The maximum absolute atomic E-state index is 8.38. The molecule has 0 aromatic rings. The second-order valence-electron chi connectivity index (χ2n) is 1.82. The van der Waals surface area contributed by atoms with Gasteiger partial charge in [-0.05, 0) is 13.6 Å². The molecule has 0 aliphatic rings. The van der Waals surface area contributed by atoms with Crippen molar-refractivity contribution in [1.29, 1.82) is 0 Å². The van der Waals surface area contributed by atoms with Crippen LogP contribution in [-0.2, 0) is 0 Å². The van der Waals surface area contributed by atoms with Crippen LogP contribution in [0, 0.1) is 0 Å². The van der Waals surface area contributed by atoms with Crippen molar-refractivity contribution in [3.63, 3.8) is 0 Å². The molecule has 0 amide bonds. The third-order valence-corrected chi connectivity index (χ3v) is 0.993. The van der Waals surface area contributed by atoms with Gasteiger partial charge in [0.25, 0.3) is 0 Å². The first-order valence-corrected chi connectivity index (χ1v) is 2.80. The van der Waals surface area contributed by atoms with Gasteiger partial charge in [0.1, 0.15) is 0 Å². The average molecular weight is 113 g/mol. The van der Waals surface area contributed by atoms with Crippen LogP contribution in [0.25, 0.3) is 0 Å². The van der Waals surface area contributed by atoms with Crippen molar-refractivity contribution in [1.82, 2.24) is 4.90 Å². The molecular weight excluding hydrogens is 101 g/mol. The molecular formula is C5H12BNO. The van der Waals surface area contributed by atoms with Crippen molar-refractivity contribution in [2.75, 3.05) is 26.7 Å². The first-order valence-electron chi connectivity index (χ1n) is 2.80. The second-order valence-corrected chi connectivity index (χ2v) is 1.82. The van der Waals surface area contributed by atoms with Crippen molar-refractivity contribution < 1.29 is 5.11 Å². The lowest BCUT2D eigenvalue weighted by Gasteiger charge is -2.12. The van der Waals surface area contributed by atoms with Gasteiger partial charge in [-0.15, -0.1) is 0 Å². The molecule has 2 radical (unpaired) electrons. The van der Waals surface area contributed by atoms with Crippen molar-refractivity contribution in [3.05, 3.63) is 0 Å². The van der Waals surface area contributed by atoms with Crippen molar-refractivity contribution in [3.8, 4) is 0 Å². The number of likely N-dealkylation sites (N-methyl/N-ethyl adjacent to an activating group) is 1. The van der Waals surface area contributed by atoms with Gasteiger partial charge in [-0.2, -0.15) is 0 Å². The Labute approximate surface area is 51.9 Å². The molecule has 0 unspecified atom stereocenters. The lowest BCUT2D eigenvalue weighted by atomic mass is 10.1. The van der Waals surface area contributed by atoms with Gasteiger partial charge in [0.2, 0.25) is 0 Å². The zero-order valence-electron chi connectivity index (χ0n) is 5.30. The monoisotopic (exact) mass is 113 g/mol. The molecule has 0 aliphatic carbocycles. The summed E-state index contributed by atoms with van der Waals surface area (Å²) in [5.74, 6) is 0. The van der Waals surface area contributed by atoms with Crippen LogP contribution in [0.2, 0.25) is 6.32 Å². The minimum Gasteiger partial charge on any atom is -0.395 e. The molecule has 0 heterocycles. The Morgan fingerprint density at radius 3 is 2.50 bits per heavy atom. The van der Waals surface area contributed by atoms with Crippen LogP contribution in [0.3, 0.4) is 0 Å². The van der Waals surface area contributed by atoms with Gasteiger partial charge in [0.15, 0.2) is 0 Å². The zero-order valence-corrected chi connectivity index (χ0v) is 5.30. The molecule has 0 rings (SSSR count). The van der Waals surface area contributed by atoms with Gasteiger partial charge in [-0.25, -0.2) is 0 Å². The van der Waals surface area contributed by atoms with Gasteiger partial charge < -0.3 is 10.0 Å². The van der Waals surface area contributed by atoms with E-state index in [1.807, 2.05) is 11.9 Å². The summed E-state index contributed by atoms with van der Waals surface area (Å²) in [6, 6.07) is 0. The fraction of sp³-hybridized carbons (Fsp3) is 1.00. The molecule has 0 atom stereocenters. The highest BCUT2D eigenvalue weighted by Crippen LogP contribution is 1.81. The predicted molar refractivity (Wildman–Crippen MR) is 35.1 cm³/mol. The van der Waals surface area contributed by atoms with Crippen LogP contribution in [-0.4, -0.2) is 44.6 Å². The summed E-state index contributed by atoms with van der Waals surface area (Å²) in [5, 5.41) is 8.38. The van der Waals surface area contributed by atoms with E-state index in [1.165, 1.54) is 0 Å². The van der Waals surface area contributed by atoms with Gasteiger partial charge in [-0.3, -0.25) is 0 Å².